The smallest absolute Gasteiger partial charge is 0.222 e. The summed E-state index contributed by atoms with van der Waals surface area (Å²) in [5.74, 6) is 1.43. The molecule has 33 heavy (non-hydrogen) atoms. The minimum absolute atomic E-state index is 0.0570. The average molecular weight is 460 g/mol. The highest BCUT2D eigenvalue weighted by Gasteiger charge is 2.38. The number of Topliss-reactive ketones (excluding diaryl/α,β-unsaturated/α-hetero) is 1. The molecule has 3 aromatic heterocycles. The molecule has 1 aliphatic rings. The van der Waals surface area contributed by atoms with Crippen molar-refractivity contribution in [3.8, 4) is 11.3 Å². The van der Waals surface area contributed by atoms with Crippen LogP contribution < -0.4 is 5.32 Å². The van der Waals surface area contributed by atoms with E-state index in [1.54, 1.807) is 11.3 Å². The second kappa shape index (κ2) is 9.43. The molecule has 0 aliphatic heterocycles. The molecule has 1 unspecified atom stereocenters. The number of nitrogens with one attached hydrogen (secondary N) is 1. The Morgan fingerprint density at radius 2 is 1.97 bits per heavy atom. The van der Waals surface area contributed by atoms with Gasteiger partial charge in [-0.05, 0) is 30.2 Å². The van der Waals surface area contributed by atoms with E-state index >= 15 is 0 Å². The van der Waals surface area contributed by atoms with E-state index in [1.807, 2.05) is 58.7 Å². The summed E-state index contributed by atoms with van der Waals surface area (Å²) in [6, 6.07) is 10.0. The number of anilines is 1. The van der Waals surface area contributed by atoms with Crippen LogP contribution >= 0.6 is 11.3 Å². The van der Waals surface area contributed by atoms with Gasteiger partial charge in [-0.2, -0.15) is 0 Å². The zero-order valence-corrected chi connectivity index (χ0v) is 19.9. The molecule has 0 bridgehead atoms. The predicted molar refractivity (Wildman–Crippen MR) is 133 cm³/mol. The molecule has 170 valence electrons. The molecule has 1 aliphatic carbocycles. The van der Waals surface area contributed by atoms with E-state index in [2.05, 4.69) is 29.1 Å². The summed E-state index contributed by atoms with van der Waals surface area (Å²) in [4.78, 5) is 28.7. The monoisotopic (exact) mass is 459 g/mol. The molecule has 4 aromatic rings. The highest BCUT2D eigenvalue weighted by Crippen LogP contribution is 2.39. The van der Waals surface area contributed by atoms with Gasteiger partial charge in [0.15, 0.2) is 10.7 Å². The minimum Gasteiger partial charge on any atom is -0.354 e. The van der Waals surface area contributed by atoms with Crippen LogP contribution in [-0.4, -0.2) is 31.7 Å². The van der Waals surface area contributed by atoms with Gasteiger partial charge in [-0.1, -0.05) is 57.0 Å². The maximum atomic E-state index is 14.1. The topological polar surface area (TPSA) is 72.2 Å². The summed E-state index contributed by atoms with van der Waals surface area (Å²) in [6.45, 7) is 5.05. The first-order valence-electron chi connectivity index (χ1n) is 11.8. The Hall–Kier alpha value is -3.06. The van der Waals surface area contributed by atoms with E-state index < -0.39 is 0 Å². The average Bonchev–Trinajstić information content (AvgIpc) is 3.45. The number of imidazole rings is 1. The van der Waals surface area contributed by atoms with Crippen LogP contribution in [0, 0.1) is 17.8 Å². The number of fused-ring (bicyclic) bond motifs is 1. The molecule has 3 heterocycles. The third-order valence-electron chi connectivity index (χ3n) is 6.91. The molecule has 7 heteroatoms. The SMILES string of the molecule is CCc1cnc(NC[C@H]2C(C(=O)c3c(-c4ccccc4)nc4sccn34)CCC[C@H]2C)nc1. The van der Waals surface area contributed by atoms with Crippen LogP contribution in [0.1, 0.15) is 49.2 Å². The summed E-state index contributed by atoms with van der Waals surface area (Å²) in [7, 11) is 0. The largest absolute Gasteiger partial charge is 0.354 e. The number of carbonyl (C=O) groups excluding carboxylic acids is 1. The lowest BCUT2D eigenvalue weighted by atomic mass is 9.70. The summed E-state index contributed by atoms with van der Waals surface area (Å²) >= 11 is 1.56. The predicted octanol–water partition coefficient (Wildman–Crippen LogP) is 5.76. The Labute approximate surface area is 198 Å². The van der Waals surface area contributed by atoms with Crippen molar-refractivity contribution in [1.82, 2.24) is 19.4 Å². The summed E-state index contributed by atoms with van der Waals surface area (Å²) in [5, 5.41) is 5.40. The Bertz CT molecular complexity index is 1230. The number of aryl methyl sites for hydroxylation is 1. The summed E-state index contributed by atoms with van der Waals surface area (Å²) in [6.07, 6.45) is 9.73. The first kappa shape index (κ1) is 21.8. The van der Waals surface area contributed by atoms with E-state index in [9.17, 15) is 4.79 Å². The fourth-order valence-electron chi connectivity index (χ4n) is 4.99. The fourth-order valence-corrected chi connectivity index (χ4v) is 5.70. The lowest BCUT2D eigenvalue weighted by Crippen LogP contribution is -2.37. The van der Waals surface area contributed by atoms with Crippen LogP contribution in [0.4, 0.5) is 5.95 Å². The number of benzene rings is 1. The van der Waals surface area contributed by atoms with Gasteiger partial charge >= 0.3 is 0 Å². The summed E-state index contributed by atoms with van der Waals surface area (Å²) < 4.78 is 1.98. The van der Waals surface area contributed by atoms with Crippen LogP contribution in [0.5, 0.6) is 0 Å². The lowest BCUT2D eigenvalue weighted by molar-refractivity contribution is 0.0769. The Kier molecular flexibility index (Phi) is 6.22. The number of carbonyl (C=O) groups is 1. The van der Waals surface area contributed by atoms with Crippen LogP contribution in [0.3, 0.4) is 0 Å². The number of hydrogen-bond acceptors (Lipinski definition) is 6. The molecule has 0 radical (unpaired) electrons. The van der Waals surface area contributed by atoms with Crippen molar-refractivity contribution in [3.63, 3.8) is 0 Å². The second-order valence-electron chi connectivity index (χ2n) is 8.92. The van der Waals surface area contributed by atoms with Gasteiger partial charge in [0.2, 0.25) is 5.95 Å². The van der Waals surface area contributed by atoms with E-state index in [-0.39, 0.29) is 17.6 Å². The highest BCUT2D eigenvalue weighted by molar-refractivity contribution is 7.15. The van der Waals surface area contributed by atoms with E-state index in [1.165, 1.54) is 0 Å². The Morgan fingerprint density at radius 1 is 1.18 bits per heavy atom. The van der Waals surface area contributed by atoms with Gasteiger partial charge in [-0.15, -0.1) is 11.3 Å². The van der Waals surface area contributed by atoms with Gasteiger partial charge in [0.05, 0.1) is 0 Å². The minimum atomic E-state index is -0.0570. The van der Waals surface area contributed by atoms with Crippen molar-refractivity contribution in [1.29, 1.82) is 0 Å². The van der Waals surface area contributed by atoms with Crippen LogP contribution in [0.2, 0.25) is 0 Å². The van der Waals surface area contributed by atoms with Gasteiger partial charge in [-0.3, -0.25) is 9.20 Å². The molecular formula is C26H29N5OS. The lowest BCUT2D eigenvalue weighted by Gasteiger charge is -2.35. The first-order chi connectivity index (χ1) is 16.2. The van der Waals surface area contributed by atoms with Crippen molar-refractivity contribution < 1.29 is 4.79 Å². The fraction of sp³-hybridized carbons (Fsp3) is 0.385. The van der Waals surface area contributed by atoms with Gasteiger partial charge in [0.25, 0.3) is 0 Å². The standard InChI is InChI=1S/C26H29N5OS/c1-3-18-14-27-25(28-15-18)29-16-21-17(2)8-7-11-20(21)24(32)23-22(19-9-5-4-6-10-19)30-26-31(23)12-13-33-26/h4-6,9-10,12-15,17,20-21H,3,7-8,11,16H2,1-2H3,(H,27,28,29)/t17-,20?,21-/m1/s1. The third-order valence-corrected chi connectivity index (χ3v) is 7.67. The van der Waals surface area contributed by atoms with Gasteiger partial charge in [-0.25, -0.2) is 15.0 Å². The zero-order chi connectivity index (χ0) is 22.8. The zero-order valence-electron chi connectivity index (χ0n) is 19.1. The molecule has 1 saturated carbocycles. The van der Waals surface area contributed by atoms with Crippen LogP contribution in [-0.2, 0) is 6.42 Å². The maximum absolute atomic E-state index is 14.1. The Morgan fingerprint density at radius 3 is 2.73 bits per heavy atom. The molecule has 1 N–H and O–H groups in total. The van der Waals surface area contributed by atoms with E-state index in [0.29, 0.717) is 24.1 Å². The van der Waals surface area contributed by atoms with Gasteiger partial charge < -0.3 is 5.32 Å². The summed E-state index contributed by atoms with van der Waals surface area (Å²) in [5.41, 5.74) is 3.61. The molecule has 1 aromatic carbocycles. The molecule has 3 atom stereocenters. The number of thiazole rings is 1. The number of nitrogens with zero attached hydrogens (tertiary/aromatic N) is 4. The maximum Gasteiger partial charge on any atom is 0.222 e. The molecule has 1 fully saturated rings. The number of rotatable bonds is 7. The number of hydrogen-bond donors (Lipinski definition) is 1. The number of aromatic nitrogens is 4. The molecule has 0 saturated heterocycles. The second-order valence-corrected chi connectivity index (χ2v) is 9.80. The van der Waals surface area contributed by atoms with Crippen molar-refractivity contribution >= 4 is 28.0 Å². The molecular weight excluding hydrogens is 430 g/mol. The molecule has 0 amide bonds. The van der Waals surface area contributed by atoms with Crippen LogP contribution in [0.25, 0.3) is 16.2 Å². The Balaban J connectivity index is 1.45. The first-order valence-corrected chi connectivity index (χ1v) is 12.6. The van der Waals surface area contributed by atoms with E-state index in [4.69, 9.17) is 4.98 Å². The molecule has 0 spiro atoms. The van der Waals surface area contributed by atoms with Gasteiger partial charge in [0.1, 0.15) is 11.4 Å². The molecule has 6 nitrogen and oxygen atoms in total. The van der Waals surface area contributed by atoms with Crippen molar-refractivity contribution in [2.24, 2.45) is 17.8 Å². The normalized spacial score (nSPS) is 20.7. The van der Waals surface area contributed by atoms with E-state index in [0.717, 1.165) is 47.5 Å². The van der Waals surface area contributed by atoms with Crippen molar-refractivity contribution in [3.05, 3.63) is 65.6 Å². The van der Waals surface area contributed by atoms with Crippen molar-refractivity contribution in [2.45, 2.75) is 39.5 Å². The van der Waals surface area contributed by atoms with Gasteiger partial charge in [0, 0.05) is 42.0 Å². The quantitative estimate of drug-likeness (QED) is 0.356. The van der Waals surface area contributed by atoms with Crippen LogP contribution in [0.15, 0.2) is 54.3 Å². The third kappa shape index (κ3) is 4.29. The van der Waals surface area contributed by atoms with Crippen molar-refractivity contribution in [2.75, 3.05) is 11.9 Å². The highest BCUT2D eigenvalue weighted by atomic mass is 32.1. The molecule has 5 rings (SSSR count). The number of ketones is 1.